The second kappa shape index (κ2) is 7.96. The third kappa shape index (κ3) is 3.69. The van der Waals surface area contributed by atoms with Crippen LogP contribution in [0.15, 0.2) is 36.5 Å². The third-order valence-electron chi connectivity index (χ3n) is 4.51. The van der Waals surface area contributed by atoms with Crippen LogP contribution in [0.2, 0.25) is 0 Å². The number of anilines is 1. The molecule has 0 unspecified atom stereocenters. The van der Waals surface area contributed by atoms with E-state index in [2.05, 4.69) is 4.98 Å². The Bertz CT molecular complexity index is 1010. The predicted octanol–water partition coefficient (Wildman–Crippen LogP) is 4.37. The van der Waals surface area contributed by atoms with E-state index < -0.39 is 11.6 Å². The monoisotopic (exact) mass is 387 g/mol. The molecule has 0 fully saturated rings. The maximum absolute atomic E-state index is 13.4. The first-order valence-corrected chi connectivity index (χ1v) is 9.17. The van der Waals surface area contributed by atoms with E-state index in [4.69, 9.17) is 4.74 Å². The molecule has 0 aliphatic carbocycles. The minimum absolute atomic E-state index is 0.00962. The van der Waals surface area contributed by atoms with Crippen LogP contribution in [0, 0.1) is 17.6 Å². The van der Waals surface area contributed by atoms with Crippen LogP contribution in [0.1, 0.15) is 32.0 Å². The Morgan fingerprint density at radius 3 is 2.64 bits per heavy atom. The normalized spacial score (nSPS) is 11.2. The van der Waals surface area contributed by atoms with Gasteiger partial charge in [-0.25, -0.2) is 13.8 Å². The van der Waals surface area contributed by atoms with Gasteiger partial charge >= 0.3 is 0 Å². The SMILES string of the molecule is CCc1nc2c(OCc3ccc(F)c(F)c3)cccn2c1N(C)C(=O)C(C)C. The van der Waals surface area contributed by atoms with Crippen molar-refractivity contribution in [2.45, 2.75) is 33.8 Å². The lowest BCUT2D eigenvalue weighted by Crippen LogP contribution is -2.31. The maximum Gasteiger partial charge on any atom is 0.230 e. The zero-order valence-electron chi connectivity index (χ0n) is 16.4. The van der Waals surface area contributed by atoms with Gasteiger partial charge in [-0.15, -0.1) is 0 Å². The van der Waals surface area contributed by atoms with Gasteiger partial charge in [0.1, 0.15) is 12.4 Å². The van der Waals surface area contributed by atoms with E-state index in [-0.39, 0.29) is 18.4 Å². The Morgan fingerprint density at radius 1 is 1.25 bits per heavy atom. The number of rotatable bonds is 6. The number of ether oxygens (including phenoxy) is 1. The molecule has 0 bridgehead atoms. The summed E-state index contributed by atoms with van der Waals surface area (Å²) < 4.78 is 34.1. The van der Waals surface area contributed by atoms with E-state index >= 15 is 0 Å². The van der Waals surface area contributed by atoms with Crippen molar-refractivity contribution < 1.29 is 18.3 Å². The Kier molecular flexibility index (Phi) is 5.63. The molecule has 0 N–H and O–H groups in total. The summed E-state index contributed by atoms with van der Waals surface area (Å²) in [6.45, 7) is 5.75. The first kappa shape index (κ1) is 19.8. The summed E-state index contributed by atoms with van der Waals surface area (Å²) in [4.78, 5) is 18.8. The van der Waals surface area contributed by atoms with Crippen LogP contribution in [0.4, 0.5) is 14.6 Å². The molecule has 148 valence electrons. The summed E-state index contributed by atoms with van der Waals surface area (Å²) in [5.41, 5.74) is 1.86. The highest BCUT2D eigenvalue weighted by atomic mass is 19.2. The van der Waals surface area contributed by atoms with Crippen molar-refractivity contribution in [3.8, 4) is 5.75 Å². The number of imidazole rings is 1. The van der Waals surface area contributed by atoms with Crippen LogP contribution < -0.4 is 9.64 Å². The van der Waals surface area contributed by atoms with Crippen molar-refractivity contribution in [3.05, 3.63) is 59.4 Å². The van der Waals surface area contributed by atoms with Crippen LogP contribution in [0.5, 0.6) is 5.75 Å². The van der Waals surface area contributed by atoms with Gasteiger partial charge < -0.3 is 4.74 Å². The molecule has 0 aliphatic rings. The topological polar surface area (TPSA) is 46.8 Å². The number of aryl methyl sites for hydroxylation is 1. The van der Waals surface area contributed by atoms with Gasteiger partial charge in [0.05, 0.1) is 5.69 Å². The van der Waals surface area contributed by atoms with Crippen molar-refractivity contribution in [1.82, 2.24) is 9.38 Å². The van der Waals surface area contributed by atoms with E-state index in [1.54, 1.807) is 24.1 Å². The second-order valence-electron chi connectivity index (χ2n) is 6.89. The first-order valence-electron chi connectivity index (χ1n) is 9.17. The van der Waals surface area contributed by atoms with Crippen molar-refractivity contribution in [1.29, 1.82) is 0 Å². The summed E-state index contributed by atoms with van der Waals surface area (Å²) in [7, 11) is 1.74. The van der Waals surface area contributed by atoms with Gasteiger partial charge in [0.25, 0.3) is 0 Å². The minimum atomic E-state index is -0.913. The van der Waals surface area contributed by atoms with Crippen LogP contribution in [0.25, 0.3) is 5.65 Å². The molecule has 0 spiro atoms. The average molecular weight is 387 g/mol. The fraction of sp³-hybridized carbons (Fsp3) is 0.333. The Morgan fingerprint density at radius 2 is 2.00 bits per heavy atom. The first-order chi connectivity index (χ1) is 13.3. The standard InChI is InChI=1S/C21H23F2N3O2/c1-5-17-20(25(4)21(27)13(2)3)26-10-6-7-18(19(26)24-17)28-12-14-8-9-15(22)16(23)11-14/h6-11,13H,5,12H2,1-4H3. The maximum atomic E-state index is 13.4. The molecule has 5 nitrogen and oxygen atoms in total. The number of fused-ring (bicyclic) bond motifs is 1. The molecular formula is C21H23F2N3O2. The molecule has 0 saturated heterocycles. The molecule has 3 aromatic rings. The highest BCUT2D eigenvalue weighted by molar-refractivity contribution is 5.94. The van der Waals surface area contributed by atoms with Crippen molar-refractivity contribution in [2.75, 3.05) is 11.9 Å². The minimum Gasteiger partial charge on any atom is -0.485 e. The number of halogens is 2. The highest BCUT2D eigenvalue weighted by Gasteiger charge is 2.23. The van der Waals surface area contributed by atoms with Gasteiger partial charge in [0.15, 0.2) is 23.0 Å². The summed E-state index contributed by atoms with van der Waals surface area (Å²) >= 11 is 0. The van der Waals surface area contributed by atoms with Crippen LogP contribution >= 0.6 is 0 Å². The zero-order valence-corrected chi connectivity index (χ0v) is 16.4. The van der Waals surface area contributed by atoms with Crippen molar-refractivity contribution >= 4 is 17.4 Å². The molecule has 0 saturated carbocycles. The molecule has 0 atom stereocenters. The summed E-state index contributed by atoms with van der Waals surface area (Å²) in [6, 6.07) is 7.21. The predicted molar refractivity (Wildman–Crippen MR) is 104 cm³/mol. The fourth-order valence-corrected chi connectivity index (χ4v) is 3.06. The molecule has 0 aliphatic heterocycles. The van der Waals surface area contributed by atoms with Gasteiger partial charge in [0, 0.05) is 19.2 Å². The summed E-state index contributed by atoms with van der Waals surface area (Å²) in [6.07, 6.45) is 2.47. The molecule has 28 heavy (non-hydrogen) atoms. The number of pyridine rings is 1. The molecule has 2 aromatic heterocycles. The van der Waals surface area contributed by atoms with E-state index in [1.165, 1.54) is 6.07 Å². The van der Waals surface area contributed by atoms with E-state index in [9.17, 15) is 13.6 Å². The van der Waals surface area contributed by atoms with Crippen molar-refractivity contribution in [2.24, 2.45) is 5.92 Å². The molecule has 2 heterocycles. The number of nitrogens with zero attached hydrogens (tertiary/aromatic N) is 3. The number of carbonyl (C=O) groups is 1. The lowest BCUT2D eigenvalue weighted by molar-refractivity contribution is -0.121. The quantitative estimate of drug-likeness (QED) is 0.631. The van der Waals surface area contributed by atoms with Gasteiger partial charge in [-0.3, -0.25) is 14.1 Å². The highest BCUT2D eigenvalue weighted by Crippen LogP contribution is 2.29. The fourth-order valence-electron chi connectivity index (χ4n) is 3.06. The van der Waals surface area contributed by atoms with E-state index in [0.717, 1.165) is 17.8 Å². The number of amides is 1. The second-order valence-corrected chi connectivity index (χ2v) is 6.89. The zero-order chi connectivity index (χ0) is 20.4. The lowest BCUT2D eigenvalue weighted by atomic mass is 10.2. The third-order valence-corrected chi connectivity index (χ3v) is 4.51. The van der Waals surface area contributed by atoms with Crippen LogP contribution in [-0.2, 0) is 17.8 Å². The van der Waals surface area contributed by atoms with Crippen LogP contribution in [-0.4, -0.2) is 22.3 Å². The number of benzene rings is 1. The van der Waals surface area contributed by atoms with Gasteiger partial charge in [-0.2, -0.15) is 0 Å². The number of carbonyl (C=O) groups excluding carboxylic acids is 1. The molecular weight excluding hydrogens is 364 g/mol. The van der Waals surface area contributed by atoms with Crippen molar-refractivity contribution in [3.63, 3.8) is 0 Å². The van der Waals surface area contributed by atoms with Crippen LogP contribution in [0.3, 0.4) is 0 Å². The average Bonchev–Trinajstić information content (AvgIpc) is 3.06. The molecule has 7 heteroatoms. The lowest BCUT2D eigenvalue weighted by Gasteiger charge is -2.20. The molecule has 1 amide bonds. The number of hydrogen-bond donors (Lipinski definition) is 0. The van der Waals surface area contributed by atoms with Gasteiger partial charge in [-0.1, -0.05) is 26.8 Å². The number of aromatic nitrogens is 2. The molecule has 1 aromatic carbocycles. The Labute approximate surface area is 162 Å². The van der Waals surface area contributed by atoms with E-state index in [1.807, 2.05) is 31.4 Å². The van der Waals surface area contributed by atoms with E-state index in [0.29, 0.717) is 29.2 Å². The summed E-state index contributed by atoms with van der Waals surface area (Å²) in [5.74, 6) is -0.760. The molecule has 0 radical (unpaired) electrons. The molecule has 3 rings (SSSR count). The Hall–Kier alpha value is -2.96. The largest absolute Gasteiger partial charge is 0.485 e. The Balaban J connectivity index is 1.96. The smallest absolute Gasteiger partial charge is 0.230 e. The number of hydrogen-bond acceptors (Lipinski definition) is 3. The van der Waals surface area contributed by atoms with Gasteiger partial charge in [-0.05, 0) is 36.2 Å². The summed E-state index contributed by atoms with van der Waals surface area (Å²) in [5, 5.41) is 0. The van der Waals surface area contributed by atoms with Gasteiger partial charge in [0.2, 0.25) is 5.91 Å².